The number of hydrogen-bond acceptors (Lipinski definition) is 2. The van der Waals surface area contributed by atoms with Crippen LogP contribution in [0.1, 0.15) is 41.2 Å². The van der Waals surface area contributed by atoms with Crippen LogP contribution in [0.3, 0.4) is 0 Å². The molecule has 0 aliphatic rings. The Morgan fingerprint density at radius 1 is 0.963 bits per heavy atom. The van der Waals surface area contributed by atoms with Gasteiger partial charge in [-0.25, -0.2) is 0 Å². The molecule has 3 rings (SSSR count). The lowest BCUT2D eigenvalue weighted by Gasteiger charge is -2.22. The Morgan fingerprint density at radius 2 is 1.67 bits per heavy atom. The molecule has 0 aliphatic carbocycles. The van der Waals surface area contributed by atoms with Gasteiger partial charge in [0.2, 0.25) is 5.91 Å². The zero-order valence-electron chi connectivity index (χ0n) is 16.4. The molecule has 1 aromatic heterocycles. The van der Waals surface area contributed by atoms with Crippen LogP contribution in [0.2, 0.25) is 0 Å². The molecule has 0 aliphatic heterocycles. The molecule has 0 bridgehead atoms. The number of H-pyrrole nitrogens is 1. The number of aromatic nitrogens is 1. The molecule has 1 heterocycles. The molecule has 2 aromatic carbocycles. The van der Waals surface area contributed by atoms with E-state index in [1.54, 1.807) is 4.90 Å². The van der Waals surface area contributed by atoms with Crippen LogP contribution in [-0.4, -0.2) is 15.8 Å². The molecule has 3 aromatic rings. The van der Waals surface area contributed by atoms with E-state index >= 15 is 0 Å². The normalized spacial score (nSPS) is 11.0. The summed E-state index contributed by atoms with van der Waals surface area (Å²) in [6.07, 6.45) is 0.412. The first kappa shape index (κ1) is 18.9. The summed E-state index contributed by atoms with van der Waals surface area (Å²) < 4.78 is 0. The maximum atomic E-state index is 12.6. The van der Waals surface area contributed by atoms with Crippen molar-refractivity contribution >= 4 is 16.8 Å². The summed E-state index contributed by atoms with van der Waals surface area (Å²) in [7, 11) is 0. The molecule has 0 radical (unpaired) electrons. The summed E-state index contributed by atoms with van der Waals surface area (Å²) in [6, 6.07) is 14.2. The van der Waals surface area contributed by atoms with Crippen molar-refractivity contribution in [3.8, 4) is 0 Å². The molecule has 4 heteroatoms. The van der Waals surface area contributed by atoms with E-state index in [0.29, 0.717) is 25.1 Å². The maximum Gasteiger partial charge on any atom is 0.253 e. The Balaban J connectivity index is 1.95. The van der Waals surface area contributed by atoms with E-state index in [2.05, 4.69) is 17.1 Å². The Labute approximate surface area is 159 Å². The van der Waals surface area contributed by atoms with Crippen molar-refractivity contribution in [1.29, 1.82) is 0 Å². The van der Waals surface area contributed by atoms with Crippen LogP contribution in [0, 0.1) is 20.8 Å². The van der Waals surface area contributed by atoms with E-state index in [1.165, 1.54) is 5.56 Å². The molecule has 0 unspecified atom stereocenters. The molecule has 0 spiro atoms. The van der Waals surface area contributed by atoms with Gasteiger partial charge in [-0.15, -0.1) is 0 Å². The zero-order valence-corrected chi connectivity index (χ0v) is 16.4. The second-order valence-electron chi connectivity index (χ2n) is 7.26. The number of nitrogens with one attached hydrogen (secondary N) is 1. The highest BCUT2D eigenvalue weighted by Crippen LogP contribution is 2.19. The summed E-state index contributed by atoms with van der Waals surface area (Å²) in [4.78, 5) is 29.9. The van der Waals surface area contributed by atoms with Gasteiger partial charge < -0.3 is 9.88 Å². The van der Waals surface area contributed by atoms with Crippen LogP contribution in [0.15, 0.2) is 47.3 Å². The average molecular weight is 362 g/mol. The van der Waals surface area contributed by atoms with Crippen molar-refractivity contribution in [2.45, 2.75) is 47.2 Å². The van der Waals surface area contributed by atoms with Crippen molar-refractivity contribution in [2.75, 3.05) is 0 Å². The smallest absolute Gasteiger partial charge is 0.253 e. The van der Waals surface area contributed by atoms with E-state index in [9.17, 15) is 9.59 Å². The third-order valence-corrected chi connectivity index (χ3v) is 4.88. The topological polar surface area (TPSA) is 53.2 Å². The van der Waals surface area contributed by atoms with Gasteiger partial charge in [-0.05, 0) is 49.4 Å². The van der Waals surface area contributed by atoms with Gasteiger partial charge in [0.15, 0.2) is 0 Å². The van der Waals surface area contributed by atoms with Crippen molar-refractivity contribution in [2.24, 2.45) is 0 Å². The van der Waals surface area contributed by atoms with Gasteiger partial charge >= 0.3 is 0 Å². The van der Waals surface area contributed by atoms with Gasteiger partial charge in [-0.1, -0.05) is 48.4 Å². The Hall–Kier alpha value is -2.88. The third kappa shape index (κ3) is 4.27. The maximum absolute atomic E-state index is 12.6. The van der Waals surface area contributed by atoms with Crippen LogP contribution in [0.5, 0.6) is 0 Å². The van der Waals surface area contributed by atoms with Gasteiger partial charge in [0.1, 0.15) is 0 Å². The van der Waals surface area contributed by atoms with Gasteiger partial charge in [-0.2, -0.15) is 0 Å². The summed E-state index contributed by atoms with van der Waals surface area (Å²) in [5.41, 5.74) is 5.79. The molecule has 0 fully saturated rings. The van der Waals surface area contributed by atoms with Gasteiger partial charge in [0.25, 0.3) is 5.56 Å². The number of aromatic amines is 1. The summed E-state index contributed by atoms with van der Waals surface area (Å²) in [6.45, 7) is 8.73. The molecule has 1 N–H and O–H groups in total. The summed E-state index contributed by atoms with van der Waals surface area (Å²) in [5.74, 6) is 0.0375. The third-order valence-electron chi connectivity index (χ3n) is 4.88. The fourth-order valence-electron chi connectivity index (χ4n) is 3.42. The zero-order chi connectivity index (χ0) is 19.6. The Kier molecular flexibility index (Phi) is 5.45. The molecule has 140 valence electrons. The quantitative estimate of drug-likeness (QED) is 0.732. The lowest BCUT2D eigenvalue weighted by Crippen LogP contribution is -2.32. The predicted molar refractivity (Wildman–Crippen MR) is 110 cm³/mol. The molecule has 4 nitrogen and oxygen atoms in total. The Morgan fingerprint density at radius 3 is 2.33 bits per heavy atom. The van der Waals surface area contributed by atoms with Gasteiger partial charge in [0, 0.05) is 18.5 Å². The molecule has 0 saturated heterocycles. The number of fused-ring (bicyclic) bond motifs is 1. The monoisotopic (exact) mass is 362 g/mol. The molecule has 0 saturated carbocycles. The SMILES string of the molecule is CCC(=O)N(Cc1ccc(C)cc1)Cc1cc2cc(C)cc(C)c2[nH]c1=O. The lowest BCUT2D eigenvalue weighted by atomic mass is 10.0. The second-order valence-corrected chi connectivity index (χ2v) is 7.26. The van der Waals surface area contributed by atoms with Crippen molar-refractivity contribution < 1.29 is 4.79 Å². The number of hydrogen-bond donors (Lipinski definition) is 1. The molecular weight excluding hydrogens is 336 g/mol. The van der Waals surface area contributed by atoms with Crippen LogP contribution in [-0.2, 0) is 17.9 Å². The van der Waals surface area contributed by atoms with Crippen LogP contribution >= 0.6 is 0 Å². The largest absolute Gasteiger partial charge is 0.334 e. The van der Waals surface area contributed by atoms with Gasteiger partial charge in [-0.3, -0.25) is 9.59 Å². The average Bonchev–Trinajstić information content (AvgIpc) is 2.63. The summed E-state index contributed by atoms with van der Waals surface area (Å²) in [5, 5.41) is 1.00. The van der Waals surface area contributed by atoms with Gasteiger partial charge in [0.05, 0.1) is 12.1 Å². The van der Waals surface area contributed by atoms with E-state index in [0.717, 1.165) is 27.6 Å². The number of carbonyl (C=O) groups excluding carboxylic acids is 1. The standard InChI is InChI=1S/C23H26N2O2/c1-5-21(26)25(13-18-8-6-15(2)7-9-18)14-20-12-19-11-16(3)10-17(4)22(19)24-23(20)27/h6-12H,5,13-14H2,1-4H3,(H,24,27). The van der Waals surface area contributed by atoms with Crippen LogP contribution < -0.4 is 5.56 Å². The fourth-order valence-corrected chi connectivity index (χ4v) is 3.42. The first-order chi connectivity index (χ1) is 12.9. The predicted octanol–water partition coefficient (Wildman–Crippen LogP) is 4.39. The Bertz CT molecular complexity index is 1030. The molecular formula is C23H26N2O2. The van der Waals surface area contributed by atoms with E-state index in [1.807, 2.05) is 58.0 Å². The number of pyridine rings is 1. The minimum Gasteiger partial charge on any atom is -0.334 e. The highest BCUT2D eigenvalue weighted by Gasteiger charge is 2.15. The minimum atomic E-state index is -0.132. The highest BCUT2D eigenvalue weighted by molar-refractivity contribution is 5.83. The first-order valence-electron chi connectivity index (χ1n) is 9.34. The fraction of sp³-hybridized carbons (Fsp3) is 0.304. The molecule has 27 heavy (non-hydrogen) atoms. The molecule has 0 atom stereocenters. The highest BCUT2D eigenvalue weighted by atomic mass is 16.2. The van der Waals surface area contributed by atoms with Crippen LogP contribution in [0.25, 0.3) is 10.9 Å². The number of nitrogens with zero attached hydrogens (tertiary/aromatic N) is 1. The number of amides is 1. The first-order valence-corrected chi connectivity index (χ1v) is 9.34. The van der Waals surface area contributed by atoms with Crippen molar-refractivity contribution in [3.05, 3.63) is 80.6 Å². The van der Waals surface area contributed by atoms with E-state index in [4.69, 9.17) is 0 Å². The summed E-state index contributed by atoms with van der Waals surface area (Å²) >= 11 is 0. The van der Waals surface area contributed by atoms with Crippen molar-refractivity contribution in [1.82, 2.24) is 9.88 Å². The second kappa shape index (κ2) is 7.78. The number of aryl methyl sites for hydroxylation is 3. The van der Waals surface area contributed by atoms with Crippen molar-refractivity contribution in [3.63, 3.8) is 0 Å². The van der Waals surface area contributed by atoms with E-state index < -0.39 is 0 Å². The van der Waals surface area contributed by atoms with Crippen LogP contribution in [0.4, 0.5) is 0 Å². The number of benzene rings is 2. The number of rotatable bonds is 5. The van der Waals surface area contributed by atoms with E-state index in [-0.39, 0.29) is 11.5 Å². The minimum absolute atomic E-state index is 0.0375. The number of carbonyl (C=O) groups is 1. The molecule has 1 amide bonds. The lowest BCUT2D eigenvalue weighted by molar-refractivity contribution is -0.132.